The average molecular weight is 410 g/mol. The highest BCUT2D eigenvalue weighted by molar-refractivity contribution is 5.97. The van der Waals surface area contributed by atoms with Crippen LogP contribution in [0.15, 0.2) is 42.7 Å². The third kappa shape index (κ3) is 5.57. The number of nitrogens with zero attached hydrogens (tertiary/aromatic N) is 1. The summed E-state index contributed by atoms with van der Waals surface area (Å²) in [5.41, 5.74) is 4.00. The molecule has 8 heteroatoms. The number of aromatic nitrogens is 2. The quantitative estimate of drug-likeness (QED) is 0.488. The summed E-state index contributed by atoms with van der Waals surface area (Å²) in [5, 5.41) is 6.72. The lowest BCUT2D eigenvalue weighted by molar-refractivity contribution is -0.118. The minimum atomic E-state index is -0.521. The molecule has 0 aliphatic rings. The number of Topliss-reactive ketones (excluding diaryl/α,β-unsaturated/α-hetero) is 1. The summed E-state index contributed by atoms with van der Waals surface area (Å²) >= 11 is 0. The summed E-state index contributed by atoms with van der Waals surface area (Å²) < 4.78 is 10.1. The number of benzene rings is 1. The number of hydrogen-bond donors (Lipinski definition) is 3. The monoisotopic (exact) mass is 410 g/mol. The topological polar surface area (TPSA) is 105 Å². The zero-order chi connectivity index (χ0) is 21.5. The van der Waals surface area contributed by atoms with Gasteiger partial charge in [0.05, 0.1) is 31.1 Å². The first-order chi connectivity index (χ1) is 14.5. The molecule has 30 heavy (non-hydrogen) atoms. The molecule has 8 nitrogen and oxygen atoms in total. The summed E-state index contributed by atoms with van der Waals surface area (Å²) in [5.74, 6) is 0.0857. The number of ether oxygens (including phenoxy) is 2. The number of nitrogens with one attached hydrogen (secondary N) is 3. The molecular weight excluding hydrogens is 384 g/mol. The fraction of sp³-hybridized carbons (Fsp3) is 0.318. The van der Waals surface area contributed by atoms with Crippen LogP contribution < -0.4 is 10.6 Å². The maximum Gasteiger partial charge on any atom is 0.411 e. The number of H-pyrrole nitrogens is 1. The largest absolute Gasteiger partial charge is 0.447 e. The molecule has 3 aromatic rings. The zero-order valence-corrected chi connectivity index (χ0v) is 17.3. The van der Waals surface area contributed by atoms with E-state index in [9.17, 15) is 9.59 Å². The molecule has 0 spiro atoms. The highest BCUT2D eigenvalue weighted by atomic mass is 16.6. The van der Waals surface area contributed by atoms with Crippen molar-refractivity contribution in [3.05, 3.63) is 42.7 Å². The molecule has 0 saturated heterocycles. The third-order valence-corrected chi connectivity index (χ3v) is 4.37. The number of rotatable bonds is 9. The van der Waals surface area contributed by atoms with Gasteiger partial charge in [-0.05, 0) is 37.6 Å². The van der Waals surface area contributed by atoms with E-state index in [1.807, 2.05) is 36.5 Å². The van der Waals surface area contributed by atoms with E-state index < -0.39 is 6.09 Å². The van der Waals surface area contributed by atoms with Crippen LogP contribution >= 0.6 is 0 Å². The van der Waals surface area contributed by atoms with Crippen molar-refractivity contribution in [2.45, 2.75) is 26.4 Å². The Hall–Kier alpha value is -3.39. The van der Waals surface area contributed by atoms with Gasteiger partial charge in [-0.3, -0.25) is 10.1 Å². The van der Waals surface area contributed by atoms with E-state index in [0.29, 0.717) is 24.4 Å². The summed E-state index contributed by atoms with van der Waals surface area (Å²) in [6, 6.07) is 9.64. The van der Waals surface area contributed by atoms with Crippen molar-refractivity contribution in [2.24, 2.45) is 0 Å². The van der Waals surface area contributed by atoms with Gasteiger partial charge in [0.15, 0.2) is 5.78 Å². The third-order valence-electron chi connectivity index (χ3n) is 4.37. The number of aromatic amines is 1. The van der Waals surface area contributed by atoms with Crippen molar-refractivity contribution < 1.29 is 19.1 Å². The second-order valence-electron chi connectivity index (χ2n) is 7.12. The Morgan fingerprint density at radius 1 is 1.20 bits per heavy atom. The van der Waals surface area contributed by atoms with E-state index in [1.165, 1.54) is 0 Å². The van der Waals surface area contributed by atoms with Gasteiger partial charge in [-0.1, -0.05) is 12.1 Å². The predicted molar refractivity (Wildman–Crippen MR) is 117 cm³/mol. The molecule has 2 heterocycles. The van der Waals surface area contributed by atoms with E-state index in [1.54, 1.807) is 27.2 Å². The van der Waals surface area contributed by atoms with Crippen LogP contribution in [0.4, 0.5) is 16.2 Å². The van der Waals surface area contributed by atoms with Gasteiger partial charge in [-0.15, -0.1) is 0 Å². The SMILES string of the molecule is COCCC(=O)CNc1cccc(-c2c[nH]c3ncc(NC(=O)OC(C)C)cc23)c1. The number of hydrogen-bond acceptors (Lipinski definition) is 6. The Morgan fingerprint density at radius 3 is 2.80 bits per heavy atom. The smallest absolute Gasteiger partial charge is 0.411 e. The number of carbonyl (C=O) groups excluding carboxylic acids is 2. The molecule has 0 bridgehead atoms. The number of methoxy groups -OCH3 is 1. The van der Waals surface area contributed by atoms with Crippen molar-refractivity contribution in [3.8, 4) is 11.1 Å². The molecule has 0 aliphatic heterocycles. The van der Waals surface area contributed by atoms with E-state index in [-0.39, 0.29) is 18.4 Å². The molecular formula is C22H26N4O4. The Balaban J connectivity index is 1.78. The number of anilines is 2. The van der Waals surface area contributed by atoms with E-state index >= 15 is 0 Å². The predicted octanol–water partition coefficient (Wildman–Crippen LogP) is 4.20. The number of ketones is 1. The van der Waals surface area contributed by atoms with Crippen LogP contribution in [-0.4, -0.2) is 48.2 Å². The van der Waals surface area contributed by atoms with Crippen LogP contribution in [0.5, 0.6) is 0 Å². The molecule has 0 unspecified atom stereocenters. The summed E-state index contributed by atoms with van der Waals surface area (Å²) in [6.07, 6.45) is 3.10. The van der Waals surface area contributed by atoms with Crippen LogP contribution in [0.3, 0.4) is 0 Å². The molecule has 0 aliphatic carbocycles. The van der Waals surface area contributed by atoms with E-state index in [0.717, 1.165) is 22.2 Å². The van der Waals surface area contributed by atoms with Crippen molar-refractivity contribution in [2.75, 3.05) is 30.9 Å². The molecule has 3 rings (SSSR count). The molecule has 158 valence electrons. The van der Waals surface area contributed by atoms with Crippen LogP contribution in [0, 0.1) is 0 Å². The second-order valence-corrected chi connectivity index (χ2v) is 7.12. The summed E-state index contributed by atoms with van der Waals surface area (Å²) in [7, 11) is 1.58. The maximum atomic E-state index is 11.9. The summed E-state index contributed by atoms with van der Waals surface area (Å²) in [6.45, 7) is 4.24. The fourth-order valence-electron chi connectivity index (χ4n) is 2.97. The fourth-order valence-corrected chi connectivity index (χ4v) is 2.97. The van der Waals surface area contributed by atoms with Gasteiger partial charge < -0.3 is 19.8 Å². The molecule has 2 aromatic heterocycles. The van der Waals surface area contributed by atoms with Crippen LogP contribution in [0.1, 0.15) is 20.3 Å². The highest BCUT2D eigenvalue weighted by Crippen LogP contribution is 2.30. The number of pyridine rings is 1. The lowest BCUT2D eigenvalue weighted by Gasteiger charge is -2.10. The van der Waals surface area contributed by atoms with Gasteiger partial charge in [0.2, 0.25) is 0 Å². The minimum absolute atomic E-state index is 0.0857. The number of amides is 1. The van der Waals surface area contributed by atoms with Crippen LogP contribution in [-0.2, 0) is 14.3 Å². The van der Waals surface area contributed by atoms with Crippen LogP contribution in [0.25, 0.3) is 22.2 Å². The van der Waals surface area contributed by atoms with E-state index in [2.05, 4.69) is 20.6 Å². The van der Waals surface area contributed by atoms with Crippen molar-refractivity contribution in [1.29, 1.82) is 0 Å². The molecule has 1 amide bonds. The first kappa shape index (κ1) is 21.3. The first-order valence-electron chi connectivity index (χ1n) is 9.76. The van der Waals surface area contributed by atoms with Crippen molar-refractivity contribution >= 4 is 34.3 Å². The van der Waals surface area contributed by atoms with Crippen LogP contribution in [0.2, 0.25) is 0 Å². The van der Waals surface area contributed by atoms with Gasteiger partial charge in [-0.2, -0.15) is 0 Å². The van der Waals surface area contributed by atoms with Gasteiger partial charge in [-0.25, -0.2) is 9.78 Å². The Labute approximate surface area is 175 Å². The molecule has 0 radical (unpaired) electrons. The molecule has 1 aromatic carbocycles. The van der Waals surface area contributed by atoms with Crippen molar-refractivity contribution in [3.63, 3.8) is 0 Å². The number of carbonyl (C=O) groups is 2. The molecule has 0 atom stereocenters. The Kier molecular flexibility index (Phi) is 7.03. The highest BCUT2D eigenvalue weighted by Gasteiger charge is 2.11. The Morgan fingerprint density at radius 2 is 2.03 bits per heavy atom. The molecule has 0 saturated carbocycles. The average Bonchev–Trinajstić information content (AvgIpc) is 3.13. The first-order valence-corrected chi connectivity index (χ1v) is 9.76. The molecule has 3 N–H and O–H groups in total. The van der Waals surface area contributed by atoms with Gasteiger partial charge in [0.25, 0.3) is 0 Å². The standard InChI is InChI=1S/C22H26N4O4/c1-14(2)30-22(28)26-17-10-19-20(13-25-21(19)24-11-17)15-5-4-6-16(9-15)23-12-18(27)7-8-29-3/h4-6,9-11,13-14,23H,7-8,12H2,1-3H3,(H,24,25)(H,26,28). The zero-order valence-electron chi connectivity index (χ0n) is 17.3. The minimum Gasteiger partial charge on any atom is -0.447 e. The lowest BCUT2D eigenvalue weighted by Crippen LogP contribution is -2.18. The maximum absolute atomic E-state index is 11.9. The normalized spacial score (nSPS) is 10.9. The van der Waals surface area contributed by atoms with Gasteiger partial charge >= 0.3 is 6.09 Å². The summed E-state index contributed by atoms with van der Waals surface area (Å²) in [4.78, 5) is 31.3. The van der Waals surface area contributed by atoms with E-state index in [4.69, 9.17) is 9.47 Å². The van der Waals surface area contributed by atoms with Gasteiger partial charge in [0.1, 0.15) is 5.65 Å². The number of fused-ring (bicyclic) bond motifs is 1. The molecule has 0 fully saturated rings. The second kappa shape index (κ2) is 9.89. The Bertz CT molecular complexity index is 1030. The van der Waals surface area contributed by atoms with Crippen molar-refractivity contribution in [1.82, 2.24) is 9.97 Å². The van der Waals surface area contributed by atoms with Gasteiger partial charge in [0, 0.05) is 36.4 Å². The lowest BCUT2D eigenvalue weighted by atomic mass is 10.0.